The third-order valence-corrected chi connectivity index (χ3v) is 5.19. The Balaban J connectivity index is 3.36. The van der Waals surface area contributed by atoms with Gasteiger partial charge in [-0.15, -0.1) is 0 Å². The highest BCUT2D eigenvalue weighted by Crippen LogP contribution is 2.18. The van der Waals surface area contributed by atoms with Crippen LogP contribution in [0, 0.1) is 0 Å². The first kappa shape index (κ1) is 30.3. The lowest BCUT2D eigenvalue weighted by molar-refractivity contribution is -0.144. The van der Waals surface area contributed by atoms with E-state index >= 15 is 0 Å². The van der Waals surface area contributed by atoms with E-state index in [0.29, 0.717) is 5.56 Å². The van der Waals surface area contributed by atoms with Crippen molar-refractivity contribution in [3.63, 3.8) is 0 Å². The maximum Gasteiger partial charge on any atom is 0.317 e. The fourth-order valence-corrected chi connectivity index (χ4v) is 3.90. The van der Waals surface area contributed by atoms with Gasteiger partial charge in [0.2, 0.25) is 0 Å². The van der Waals surface area contributed by atoms with E-state index in [1.807, 2.05) is 0 Å². The smallest absolute Gasteiger partial charge is 0.317 e. The number of hydrogen-bond acceptors (Lipinski definition) is 9. The molecule has 6 N–H and O–H groups in total. The first-order valence-electron chi connectivity index (χ1n) is 10.8. The first-order chi connectivity index (χ1) is 16.8. The molecule has 36 heavy (non-hydrogen) atoms. The molecule has 0 amide bonds. The quantitative estimate of drug-likeness (QED) is 0.139. The number of hydrogen-bond donors (Lipinski definition) is 6. The summed E-state index contributed by atoms with van der Waals surface area (Å²) in [5.74, 6) is -6.38. The van der Waals surface area contributed by atoms with Gasteiger partial charge in [0.05, 0.1) is 32.7 Å². The molecule has 0 saturated carbocycles. The van der Waals surface area contributed by atoms with E-state index in [2.05, 4.69) is 0 Å². The number of aliphatic carboxylic acids is 5. The summed E-state index contributed by atoms with van der Waals surface area (Å²) in [5.41, 5.74) is 0.638. The number of benzene rings is 1. The van der Waals surface area contributed by atoms with Gasteiger partial charge in [-0.25, -0.2) is 0 Å². The van der Waals surface area contributed by atoms with Crippen LogP contribution in [-0.4, -0.2) is 133 Å². The molecule has 14 nitrogen and oxygen atoms in total. The summed E-state index contributed by atoms with van der Waals surface area (Å²) in [6.07, 6.45) is 0.130. The number of phenols is 1. The summed E-state index contributed by atoms with van der Waals surface area (Å²) in [7, 11) is 0. The van der Waals surface area contributed by atoms with Crippen LogP contribution in [0.4, 0.5) is 0 Å². The van der Waals surface area contributed by atoms with Gasteiger partial charge in [-0.3, -0.25) is 38.7 Å². The Morgan fingerprint density at radius 3 is 1.44 bits per heavy atom. The predicted octanol–water partition coefficient (Wildman–Crippen LogP) is -0.979. The molecule has 2 atom stereocenters. The monoisotopic (exact) mass is 513 g/mol. The Morgan fingerprint density at radius 2 is 1.06 bits per heavy atom. The van der Waals surface area contributed by atoms with Crippen molar-refractivity contribution in [3.05, 3.63) is 29.8 Å². The summed E-state index contributed by atoms with van der Waals surface area (Å²) < 4.78 is 0. The molecular weight excluding hydrogens is 482 g/mol. The standard InChI is InChI=1S/C22H31N3O11/c1-14(7-23(9-18(27)28)10-19(29)30)25(13-22(35)36)16(6-15-2-4-17(26)5-3-15)8-24(11-20(31)32)12-21(33)34/h2-5,14,16,26H,6-13H2,1H3,(H,27,28)(H,29,30)(H,31,32)(H,33,34)(H,35,36)/t14-,16+/m1/s1. The van der Waals surface area contributed by atoms with Gasteiger partial charge in [-0.1, -0.05) is 12.1 Å². The van der Waals surface area contributed by atoms with Crippen LogP contribution in [0.15, 0.2) is 24.3 Å². The van der Waals surface area contributed by atoms with Crippen LogP contribution >= 0.6 is 0 Å². The van der Waals surface area contributed by atoms with Crippen molar-refractivity contribution in [1.29, 1.82) is 0 Å². The highest BCUT2D eigenvalue weighted by Gasteiger charge is 2.30. The summed E-state index contributed by atoms with van der Waals surface area (Å²) in [6, 6.07) is 4.47. The number of carboxylic acid groups (broad SMARTS) is 5. The molecule has 0 aliphatic carbocycles. The molecule has 0 radical (unpaired) electrons. The van der Waals surface area contributed by atoms with Crippen LogP contribution < -0.4 is 0 Å². The Kier molecular flexibility index (Phi) is 12.3. The third-order valence-electron chi connectivity index (χ3n) is 5.19. The van der Waals surface area contributed by atoms with E-state index in [1.165, 1.54) is 17.0 Å². The van der Waals surface area contributed by atoms with Crippen molar-refractivity contribution < 1.29 is 54.6 Å². The number of phenolic OH excluding ortho intramolecular Hbond substituents is 1. The summed E-state index contributed by atoms with van der Waals surface area (Å²) in [6.45, 7) is -1.77. The molecule has 0 spiro atoms. The number of carboxylic acids is 5. The molecule has 1 aromatic rings. The largest absolute Gasteiger partial charge is 0.508 e. The van der Waals surface area contributed by atoms with Crippen LogP contribution in [0.25, 0.3) is 0 Å². The number of aromatic hydroxyl groups is 1. The molecule has 14 heteroatoms. The van der Waals surface area contributed by atoms with Crippen LogP contribution in [-0.2, 0) is 30.4 Å². The Labute approximate surface area is 206 Å². The maximum absolute atomic E-state index is 11.7. The normalized spacial score (nSPS) is 13.0. The minimum Gasteiger partial charge on any atom is -0.508 e. The van der Waals surface area contributed by atoms with E-state index in [4.69, 9.17) is 10.2 Å². The Morgan fingerprint density at radius 1 is 0.667 bits per heavy atom. The second-order valence-electron chi connectivity index (χ2n) is 8.35. The molecule has 1 aromatic carbocycles. The fraction of sp³-hybridized carbons (Fsp3) is 0.500. The van der Waals surface area contributed by atoms with Crippen molar-refractivity contribution in [1.82, 2.24) is 14.7 Å². The van der Waals surface area contributed by atoms with Crippen LogP contribution in [0.5, 0.6) is 5.75 Å². The zero-order valence-corrected chi connectivity index (χ0v) is 19.7. The van der Waals surface area contributed by atoms with Gasteiger partial charge in [0.1, 0.15) is 5.75 Å². The zero-order valence-electron chi connectivity index (χ0n) is 19.7. The van der Waals surface area contributed by atoms with Gasteiger partial charge >= 0.3 is 29.8 Å². The van der Waals surface area contributed by atoms with Crippen molar-refractivity contribution in [2.45, 2.75) is 25.4 Å². The van der Waals surface area contributed by atoms with Gasteiger partial charge in [0.15, 0.2) is 0 Å². The number of carbonyl (C=O) groups is 5. The minimum absolute atomic E-state index is 0.0116. The Bertz CT molecular complexity index is 890. The number of rotatable bonds is 18. The van der Waals surface area contributed by atoms with Gasteiger partial charge in [-0.05, 0) is 31.0 Å². The lowest BCUT2D eigenvalue weighted by Crippen LogP contribution is -2.55. The topological polar surface area (TPSA) is 216 Å². The highest BCUT2D eigenvalue weighted by atomic mass is 16.4. The Hall–Kier alpha value is -3.75. The number of nitrogens with zero attached hydrogens (tertiary/aromatic N) is 3. The third kappa shape index (κ3) is 12.1. The van der Waals surface area contributed by atoms with E-state index in [-0.39, 0.29) is 25.3 Å². The second kappa shape index (κ2) is 14.6. The maximum atomic E-state index is 11.7. The van der Waals surface area contributed by atoms with E-state index in [9.17, 15) is 44.4 Å². The second-order valence-corrected chi connectivity index (χ2v) is 8.35. The predicted molar refractivity (Wildman–Crippen MR) is 123 cm³/mol. The van der Waals surface area contributed by atoms with E-state index in [1.54, 1.807) is 19.1 Å². The van der Waals surface area contributed by atoms with Crippen molar-refractivity contribution in [2.24, 2.45) is 0 Å². The lowest BCUT2D eigenvalue weighted by atomic mass is 10.0. The zero-order chi connectivity index (χ0) is 27.4. The van der Waals surface area contributed by atoms with E-state index < -0.39 is 74.7 Å². The first-order valence-corrected chi connectivity index (χ1v) is 10.8. The molecule has 0 saturated heterocycles. The van der Waals surface area contributed by atoms with Crippen LogP contribution in [0.1, 0.15) is 12.5 Å². The van der Waals surface area contributed by atoms with Gasteiger partial charge in [0.25, 0.3) is 0 Å². The van der Waals surface area contributed by atoms with Gasteiger partial charge < -0.3 is 30.6 Å². The minimum atomic E-state index is -1.29. The fourth-order valence-electron chi connectivity index (χ4n) is 3.90. The lowest BCUT2D eigenvalue weighted by Gasteiger charge is -2.39. The van der Waals surface area contributed by atoms with Crippen LogP contribution in [0.2, 0.25) is 0 Å². The van der Waals surface area contributed by atoms with Crippen molar-refractivity contribution in [3.8, 4) is 5.75 Å². The molecule has 0 fully saturated rings. The molecule has 0 aliphatic rings. The molecular formula is C22H31N3O11. The van der Waals surface area contributed by atoms with Gasteiger partial charge in [0, 0.05) is 25.2 Å². The molecule has 200 valence electrons. The molecule has 0 aliphatic heterocycles. The average molecular weight is 514 g/mol. The van der Waals surface area contributed by atoms with Crippen LogP contribution in [0.3, 0.4) is 0 Å². The molecule has 0 aromatic heterocycles. The molecule has 0 heterocycles. The average Bonchev–Trinajstić information content (AvgIpc) is 2.71. The van der Waals surface area contributed by atoms with Gasteiger partial charge in [-0.2, -0.15) is 0 Å². The molecule has 0 bridgehead atoms. The van der Waals surface area contributed by atoms with Crippen molar-refractivity contribution >= 4 is 29.8 Å². The molecule has 1 rings (SSSR count). The summed E-state index contributed by atoms with van der Waals surface area (Å²) in [4.78, 5) is 60.4. The molecule has 0 unspecified atom stereocenters. The van der Waals surface area contributed by atoms with Crippen molar-refractivity contribution in [2.75, 3.05) is 45.8 Å². The SMILES string of the molecule is C[C@H](CN(CC(=O)O)CC(=O)O)N(CC(=O)O)[C@@H](Cc1ccc(O)cc1)CN(CC(=O)O)CC(=O)O. The summed E-state index contributed by atoms with van der Waals surface area (Å²) >= 11 is 0. The summed E-state index contributed by atoms with van der Waals surface area (Å²) in [5, 5.41) is 55.8. The highest BCUT2D eigenvalue weighted by molar-refractivity contribution is 5.73. The van der Waals surface area contributed by atoms with E-state index in [0.717, 1.165) is 9.80 Å².